The second kappa shape index (κ2) is 8.18. The van der Waals surface area contributed by atoms with E-state index in [1.54, 1.807) is 42.1 Å². The maximum atomic E-state index is 14.2. The van der Waals surface area contributed by atoms with Crippen LogP contribution in [0, 0.1) is 11.6 Å². The number of nitrogen functional groups attached to an aromatic ring is 1. The minimum atomic E-state index is -0.843. The van der Waals surface area contributed by atoms with Gasteiger partial charge in [-0.2, -0.15) is 0 Å². The van der Waals surface area contributed by atoms with Crippen LogP contribution in [0.2, 0.25) is 0 Å². The lowest BCUT2D eigenvalue weighted by atomic mass is 10.0. The molecule has 2 aromatic heterocycles. The number of aromatic nitrogens is 2. The summed E-state index contributed by atoms with van der Waals surface area (Å²) >= 11 is 0. The van der Waals surface area contributed by atoms with E-state index in [9.17, 15) is 13.6 Å². The molecule has 2 heterocycles. The highest BCUT2D eigenvalue weighted by molar-refractivity contribution is 6.03. The minimum Gasteiger partial charge on any atom is -0.479 e. The topological polar surface area (TPSA) is 88.6 Å². The van der Waals surface area contributed by atoms with Crippen molar-refractivity contribution in [2.24, 2.45) is 7.05 Å². The first kappa shape index (κ1) is 21.1. The van der Waals surface area contributed by atoms with Crippen molar-refractivity contribution in [3.8, 4) is 28.5 Å². The summed E-state index contributed by atoms with van der Waals surface area (Å²) in [6.07, 6.45) is 1.79. The van der Waals surface area contributed by atoms with Crippen LogP contribution >= 0.6 is 0 Å². The Labute approximate surface area is 181 Å². The number of anilines is 1. The highest BCUT2D eigenvalue weighted by Crippen LogP contribution is 2.41. The molecule has 0 aliphatic heterocycles. The smallest absolute Gasteiger partial charge is 0.356 e. The van der Waals surface area contributed by atoms with E-state index in [2.05, 4.69) is 4.98 Å². The number of esters is 1. The summed E-state index contributed by atoms with van der Waals surface area (Å²) in [5.41, 5.74) is 8.31. The lowest BCUT2D eigenvalue weighted by molar-refractivity contribution is 0.0593. The van der Waals surface area contributed by atoms with Crippen molar-refractivity contribution < 1.29 is 27.8 Å². The molecular formula is C23H19F2N3O4. The fraction of sp³-hybridized carbons (Fsp3) is 0.130. The third kappa shape index (κ3) is 3.68. The average molecular weight is 439 g/mol. The van der Waals surface area contributed by atoms with Gasteiger partial charge >= 0.3 is 5.97 Å². The van der Waals surface area contributed by atoms with Crippen LogP contribution < -0.4 is 15.2 Å². The molecule has 2 aromatic carbocycles. The Morgan fingerprint density at radius 1 is 1.03 bits per heavy atom. The van der Waals surface area contributed by atoms with Crippen LogP contribution in [-0.4, -0.2) is 29.7 Å². The van der Waals surface area contributed by atoms with Crippen molar-refractivity contribution in [3.63, 3.8) is 0 Å². The Hall–Kier alpha value is -4.14. The van der Waals surface area contributed by atoms with Crippen molar-refractivity contribution in [1.82, 2.24) is 9.55 Å². The zero-order valence-corrected chi connectivity index (χ0v) is 17.5. The van der Waals surface area contributed by atoms with Crippen molar-refractivity contribution in [2.75, 3.05) is 20.0 Å². The molecule has 4 aromatic rings. The summed E-state index contributed by atoms with van der Waals surface area (Å²) in [5.74, 6) is -1.81. The summed E-state index contributed by atoms with van der Waals surface area (Å²) in [4.78, 5) is 16.4. The van der Waals surface area contributed by atoms with Gasteiger partial charge in [-0.05, 0) is 36.4 Å². The van der Waals surface area contributed by atoms with E-state index in [-0.39, 0.29) is 23.1 Å². The molecule has 0 aliphatic carbocycles. The first-order chi connectivity index (χ1) is 15.3. The quantitative estimate of drug-likeness (QED) is 0.359. The molecular weight excluding hydrogens is 420 g/mol. The number of nitrogens with two attached hydrogens (primary N) is 1. The molecule has 0 radical (unpaired) electrons. The van der Waals surface area contributed by atoms with Crippen LogP contribution in [0.4, 0.5) is 14.5 Å². The Morgan fingerprint density at radius 2 is 1.78 bits per heavy atom. The summed E-state index contributed by atoms with van der Waals surface area (Å²) in [6, 6.07) is 9.48. The molecule has 32 heavy (non-hydrogen) atoms. The van der Waals surface area contributed by atoms with Crippen molar-refractivity contribution in [2.45, 2.75) is 0 Å². The summed E-state index contributed by atoms with van der Waals surface area (Å²) < 4.78 is 45.3. The molecule has 0 unspecified atom stereocenters. The Morgan fingerprint density at radius 3 is 2.47 bits per heavy atom. The summed E-state index contributed by atoms with van der Waals surface area (Å²) in [6.45, 7) is 0. The van der Waals surface area contributed by atoms with Gasteiger partial charge in [0.1, 0.15) is 17.1 Å². The van der Waals surface area contributed by atoms with E-state index in [1.165, 1.54) is 20.3 Å². The van der Waals surface area contributed by atoms with Gasteiger partial charge in [0.25, 0.3) is 0 Å². The molecule has 0 spiro atoms. The van der Waals surface area contributed by atoms with Crippen molar-refractivity contribution in [3.05, 3.63) is 66.0 Å². The van der Waals surface area contributed by atoms with Gasteiger partial charge in [-0.3, -0.25) is 0 Å². The number of hydrogen-bond acceptors (Lipinski definition) is 6. The number of pyridine rings is 1. The van der Waals surface area contributed by atoms with Gasteiger partial charge in [0.05, 0.1) is 14.2 Å². The number of fused-ring (bicyclic) bond motifs is 1. The van der Waals surface area contributed by atoms with Gasteiger partial charge < -0.3 is 24.5 Å². The molecule has 164 valence electrons. The first-order valence-electron chi connectivity index (χ1n) is 9.47. The highest BCUT2D eigenvalue weighted by atomic mass is 19.1. The van der Waals surface area contributed by atoms with Crippen LogP contribution in [0.3, 0.4) is 0 Å². The number of hydrogen-bond donors (Lipinski definition) is 1. The van der Waals surface area contributed by atoms with E-state index in [0.29, 0.717) is 27.7 Å². The third-order valence-electron chi connectivity index (χ3n) is 4.92. The van der Waals surface area contributed by atoms with Crippen LogP contribution in [0.25, 0.3) is 22.0 Å². The predicted octanol–water partition coefficient (Wildman–Crippen LogP) is 4.69. The zero-order chi connectivity index (χ0) is 23.0. The largest absolute Gasteiger partial charge is 0.479 e. The number of ether oxygens (including phenoxy) is 3. The fourth-order valence-corrected chi connectivity index (χ4v) is 3.48. The van der Waals surface area contributed by atoms with E-state index in [1.807, 2.05) is 0 Å². The lowest BCUT2D eigenvalue weighted by Gasteiger charge is -2.13. The Balaban J connectivity index is 1.94. The molecule has 0 aliphatic rings. The van der Waals surface area contributed by atoms with Crippen LogP contribution in [0.1, 0.15) is 10.5 Å². The molecule has 0 saturated carbocycles. The van der Waals surface area contributed by atoms with E-state index < -0.39 is 17.6 Å². The molecule has 7 nitrogen and oxygen atoms in total. The van der Waals surface area contributed by atoms with Crippen LogP contribution in [0.5, 0.6) is 17.4 Å². The molecule has 2 N–H and O–H groups in total. The summed E-state index contributed by atoms with van der Waals surface area (Å²) in [5, 5.41) is 0.620. The number of carbonyl (C=O) groups excluding carboxylic acids is 1. The molecule has 0 saturated heterocycles. The predicted molar refractivity (Wildman–Crippen MR) is 115 cm³/mol. The molecule has 9 heteroatoms. The fourth-order valence-electron chi connectivity index (χ4n) is 3.48. The number of methoxy groups -OCH3 is 2. The Kier molecular flexibility index (Phi) is 5.40. The van der Waals surface area contributed by atoms with E-state index >= 15 is 0 Å². The van der Waals surface area contributed by atoms with Gasteiger partial charge in [-0.1, -0.05) is 0 Å². The van der Waals surface area contributed by atoms with E-state index in [4.69, 9.17) is 19.9 Å². The average Bonchev–Trinajstić information content (AvgIpc) is 3.11. The third-order valence-corrected chi connectivity index (χ3v) is 4.92. The second-order valence-electron chi connectivity index (χ2n) is 6.99. The second-order valence-corrected chi connectivity index (χ2v) is 6.99. The standard InChI is InChI=1S/C23H19F2N3O4/c1-28-11-16(15-10-18(23(29)31-3)27-22(30-2)21(15)28)14-9-13(26)5-7-19(14)32-20-6-4-12(24)8-17(20)25/h4-11H,26H2,1-3H3. The highest BCUT2D eigenvalue weighted by Gasteiger charge is 2.21. The first-order valence-corrected chi connectivity index (χ1v) is 9.47. The molecule has 0 atom stereocenters. The van der Waals surface area contributed by atoms with Crippen molar-refractivity contribution in [1.29, 1.82) is 0 Å². The number of aryl methyl sites for hydroxylation is 1. The summed E-state index contributed by atoms with van der Waals surface area (Å²) in [7, 11) is 4.50. The molecule has 4 rings (SSSR count). The van der Waals surface area contributed by atoms with Crippen molar-refractivity contribution >= 4 is 22.6 Å². The monoisotopic (exact) mass is 439 g/mol. The molecule has 0 amide bonds. The van der Waals surface area contributed by atoms with Gasteiger partial charge in [-0.15, -0.1) is 0 Å². The number of nitrogens with zero attached hydrogens (tertiary/aromatic N) is 2. The normalized spacial score (nSPS) is 10.9. The number of carbonyl (C=O) groups is 1. The molecule has 0 fully saturated rings. The SMILES string of the molecule is COC(=O)c1cc2c(-c3cc(N)ccc3Oc3ccc(F)cc3F)cn(C)c2c(OC)n1. The van der Waals surface area contributed by atoms with Gasteiger partial charge in [0.15, 0.2) is 17.3 Å². The van der Waals surface area contributed by atoms with Gasteiger partial charge in [0, 0.05) is 41.5 Å². The lowest BCUT2D eigenvalue weighted by Crippen LogP contribution is -2.06. The van der Waals surface area contributed by atoms with E-state index in [0.717, 1.165) is 12.1 Å². The van der Waals surface area contributed by atoms with Crippen LogP contribution in [-0.2, 0) is 11.8 Å². The minimum absolute atomic E-state index is 0.0558. The maximum Gasteiger partial charge on any atom is 0.356 e. The zero-order valence-electron chi connectivity index (χ0n) is 17.5. The van der Waals surface area contributed by atoms with Gasteiger partial charge in [-0.25, -0.2) is 18.6 Å². The number of benzene rings is 2. The maximum absolute atomic E-state index is 14.2. The number of halogens is 2. The van der Waals surface area contributed by atoms with Crippen LogP contribution in [0.15, 0.2) is 48.7 Å². The van der Waals surface area contributed by atoms with Gasteiger partial charge in [0.2, 0.25) is 5.88 Å². The number of rotatable bonds is 5. The molecule has 0 bridgehead atoms. The Bertz CT molecular complexity index is 1350.